The van der Waals surface area contributed by atoms with E-state index in [1.54, 1.807) is 50.6 Å². The number of carbonyl (C=O) groups excluding carboxylic acids is 2. The number of benzene rings is 2. The highest BCUT2D eigenvalue weighted by Gasteiger charge is 2.37. The Morgan fingerprint density at radius 2 is 2.04 bits per heavy atom. The van der Waals surface area contributed by atoms with Gasteiger partial charge in [-0.3, -0.25) is 14.5 Å². The van der Waals surface area contributed by atoms with Crippen molar-refractivity contribution in [2.45, 2.75) is 11.7 Å². The topological polar surface area (TPSA) is 71.0 Å². The maximum absolute atomic E-state index is 13.3. The van der Waals surface area contributed by atoms with Gasteiger partial charge in [-0.05, 0) is 42.5 Å². The lowest BCUT2D eigenvalue weighted by Crippen LogP contribution is -2.30. The first-order chi connectivity index (χ1) is 13.0. The standard InChI is InChI=1S/C19H18FN3O3S/c1-23-18(25)16(27-19(23)22-14-5-3-4-12(20)10-14)11-17(24)21-13-6-8-15(26-2)9-7-13/h3-10,16H,11H2,1-2H3,(H,21,24)/t16-/m1/s1. The highest BCUT2D eigenvalue weighted by molar-refractivity contribution is 8.15. The van der Waals surface area contributed by atoms with Crippen LogP contribution in [-0.4, -0.2) is 41.3 Å². The second-order valence-corrected chi connectivity index (χ2v) is 7.03. The SMILES string of the molecule is COc1ccc(NC(=O)C[C@H]2SC(=Nc3cccc(F)c3)N(C)C2=O)cc1. The van der Waals surface area contributed by atoms with Crippen LogP contribution in [0, 0.1) is 5.82 Å². The van der Waals surface area contributed by atoms with Crippen LogP contribution in [0.15, 0.2) is 53.5 Å². The van der Waals surface area contributed by atoms with E-state index in [9.17, 15) is 14.0 Å². The second-order valence-electron chi connectivity index (χ2n) is 5.86. The van der Waals surface area contributed by atoms with Gasteiger partial charge in [-0.25, -0.2) is 9.38 Å². The number of carbonyl (C=O) groups is 2. The summed E-state index contributed by atoms with van der Waals surface area (Å²) in [5, 5.41) is 2.63. The van der Waals surface area contributed by atoms with Crippen LogP contribution >= 0.6 is 11.8 Å². The predicted octanol–water partition coefficient (Wildman–Crippen LogP) is 3.42. The van der Waals surface area contributed by atoms with Crippen LogP contribution in [0.5, 0.6) is 5.75 Å². The van der Waals surface area contributed by atoms with E-state index < -0.39 is 11.1 Å². The van der Waals surface area contributed by atoms with Crippen molar-refractivity contribution in [2.75, 3.05) is 19.5 Å². The van der Waals surface area contributed by atoms with Crippen molar-refractivity contribution in [3.8, 4) is 5.75 Å². The summed E-state index contributed by atoms with van der Waals surface area (Å²) in [6.07, 6.45) is 0.0159. The first-order valence-corrected chi connectivity index (χ1v) is 9.06. The van der Waals surface area contributed by atoms with Crippen molar-refractivity contribution in [2.24, 2.45) is 4.99 Å². The van der Waals surface area contributed by atoms with Crippen LogP contribution in [0.3, 0.4) is 0 Å². The molecule has 2 aromatic carbocycles. The number of ether oxygens (including phenoxy) is 1. The molecule has 1 fully saturated rings. The Kier molecular flexibility index (Phi) is 5.75. The van der Waals surface area contributed by atoms with E-state index in [0.717, 1.165) is 0 Å². The van der Waals surface area contributed by atoms with Crippen molar-refractivity contribution in [3.63, 3.8) is 0 Å². The number of hydrogen-bond acceptors (Lipinski definition) is 5. The van der Waals surface area contributed by atoms with Crippen LogP contribution < -0.4 is 10.1 Å². The number of nitrogens with zero attached hydrogens (tertiary/aromatic N) is 2. The number of nitrogens with one attached hydrogen (secondary N) is 1. The maximum Gasteiger partial charge on any atom is 0.242 e. The minimum absolute atomic E-state index is 0.0159. The first kappa shape index (κ1) is 18.9. The molecule has 1 atom stereocenters. The van der Waals surface area contributed by atoms with Gasteiger partial charge in [-0.1, -0.05) is 17.8 Å². The number of anilines is 1. The Morgan fingerprint density at radius 1 is 1.30 bits per heavy atom. The third kappa shape index (κ3) is 4.65. The zero-order chi connectivity index (χ0) is 19.4. The fourth-order valence-corrected chi connectivity index (χ4v) is 3.66. The predicted molar refractivity (Wildman–Crippen MR) is 104 cm³/mol. The molecular weight excluding hydrogens is 369 g/mol. The fourth-order valence-electron chi connectivity index (χ4n) is 2.51. The van der Waals surface area contributed by atoms with Crippen LogP contribution in [0.2, 0.25) is 0 Å². The molecule has 1 heterocycles. The summed E-state index contributed by atoms with van der Waals surface area (Å²) in [6.45, 7) is 0. The molecule has 1 N–H and O–H groups in total. The summed E-state index contributed by atoms with van der Waals surface area (Å²) in [4.78, 5) is 30.4. The zero-order valence-corrected chi connectivity index (χ0v) is 15.6. The zero-order valence-electron chi connectivity index (χ0n) is 14.8. The highest BCUT2D eigenvalue weighted by atomic mass is 32.2. The molecule has 0 bridgehead atoms. The quantitative estimate of drug-likeness (QED) is 0.853. The monoisotopic (exact) mass is 387 g/mol. The van der Waals surface area contributed by atoms with Gasteiger partial charge in [0.05, 0.1) is 12.8 Å². The van der Waals surface area contributed by atoms with E-state index in [1.165, 1.54) is 28.8 Å². The van der Waals surface area contributed by atoms with Crippen molar-refractivity contribution in [1.29, 1.82) is 0 Å². The molecule has 0 saturated carbocycles. The molecule has 8 heteroatoms. The summed E-state index contributed by atoms with van der Waals surface area (Å²) < 4.78 is 18.4. The Morgan fingerprint density at radius 3 is 2.70 bits per heavy atom. The Hall–Kier alpha value is -2.87. The molecule has 0 radical (unpaired) electrons. The molecular formula is C19H18FN3O3S. The number of aliphatic imine (C=N–C) groups is 1. The molecule has 0 aliphatic carbocycles. The van der Waals surface area contributed by atoms with Crippen molar-refractivity contribution < 1.29 is 18.7 Å². The lowest BCUT2D eigenvalue weighted by atomic mass is 10.2. The summed E-state index contributed by atoms with van der Waals surface area (Å²) in [5.41, 5.74) is 1.04. The van der Waals surface area contributed by atoms with Gasteiger partial charge in [0.1, 0.15) is 16.8 Å². The van der Waals surface area contributed by atoms with E-state index in [0.29, 0.717) is 22.3 Å². The number of halogens is 1. The molecule has 140 valence electrons. The van der Waals surface area contributed by atoms with Crippen molar-refractivity contribution in [1.82, 2.24) is 4.90 Å². The molecule has 1 aliphatic heterocycles. The largest absolute Gasteiger partial charge is 0.497 e. The summed E-state index contributed by atoms with van der Waals surface area (Å²) >= 11 is 1.20. The average molecular weight is 387 g/mol. The van der Waals surface area contributed by atoms with E-state index in [2.05, 4.69) is 10.3 Å². The smallest absolute Gasteiger partial charge is 0.242 e. The number of hydrogen-bond donors (Lipinski definition) is 1. The fraction of sp³-hybridized carbons (Fsp3) is 0.211. The van der Waals surface area contributed by atoms with Gasteiger partial charge in [-0.15, -0.1) is 0 Å². The number of amides is 2. The molecule has 0 unspecified atom stereocenters. The third-order valence-corrected chi connectivity index (χ3v) is 5.15. The van der Waals surface area contributed by atoms with Gasteiger partial charge in [0.15, 0.2) is 5.17 Å². The summed E-state index contributed by atoms with van der Waals surface area (Å²) in [6, 6.07) is 12.7. The normalized spacial score (nSPS) is 18.0. The van der Waals surface area contributed by atoms with Crippen molar-refractivity contribution >= 4 is 40.1 Å². The number of amidine groups is 1. The second kappa shape index (κ2) is 8.22. The molecule has 6 nitrogen and oxygen atoms in total. The minimum Gasteiger partial charge on any atom is -0.497 e. The van der Waals surface area contributed by atoms with E-state index in [1.807, 2.05) is 0 Å². The van der Waals surface area contributed by atoms with Crippen molar-refractivity contribution in [3.05, 3.63) is 54.3 Å². The number of thioether (sulfide) groups is 1. The molecule has 1 saturated heterocycles. The van der Waals surface area contributed by atoms with E-state index >= 15 is 0 Å². The summed E-state index contributed by atoms with van der Waals surface area (Å²) in [5.74, 6) is -0.190. The van der Waals surface area contributed by atoms with Gasteiger partial charge < -0.3 is 10.1 Å². The minimum atomic E-state index is -0.569. The third-order valence-electron chi connectivity index (χ3n) is 3.92. The molecule has 2 amide bonds. The van der Waals surface area contributed by atoms with Gasteiger partial charge >= 0.3 is 0 Å². The molecule has 0 aromatic heterocycles. The molecule has 1 aliphatic rings. The Bertz CT molecular complexity index is 886. The Balaban J connectivity index is 1.64. The van der Waals surface area contributed by atoms with Crippen LogP contribution in [0.1, 0.15) is 6.42 Å². The average Bonchev–Trinajstić information content (AvgIpc) is 2.90. The number of methoxy groups -OCH3 is 1. The molecule has 3 rings (SSSR count). The summed E-state index contributed by atoms with van der Waals surface area (Å²) in [7, 11) is 3.16. The van der Waals surface area contributed by atoms with Crippen LogP contribution in [-0.2, 0) is 9.59 Å². The van der Waals surface area contributed by atoms with Gasteiger partial charge in [0.2, 0.25) is 11.8 Å². The van der Waals surface area contributed by atoms with Gasteiger partial charge in [-0.2, -0.15) is 0 Å². The Labute approximate surface area is 160 Å². The van der Waals surface area contributed by atoms with E-state index in [4.69, 9.17) is 4.74 Å². The first-order valence-electron chi connectivity index (χ1n) is 8.18. The highest BCUT2D eigenvalue weighted by Crippen LogP contribution is 2.31. The van der Waals surface area contributed by atoms with Gasteiger partial charge in [0, 0.05) is 19.2 Å². The van der Waals surface area contributed by atoms with E-state index in [-0.39, 0.29) is 18.2 Å². The molecule has 0 spiro atoms. The molecule has 27 heavy (non-hydrogen) atoms. The lowest BCUT2D eigenvalue weighted by molar-refractivity contribution is -0.127. The van der Waals surface area contributed by atoms with Crippen LogP contribution in [0.25, 0.3) is 0 Å². The van der Waals surface area contributed by atoms with Crippen LogP contribution in [0.4, 0.5) is 15.8 Å². The lowest BCUT2D eigenvalue weighted by Gasteiger charge is -2.09. The molecule has 2 aromatic rings. The van der Waals surface area contributed by atoms with Gasteiger partial charge in [0.25, 0.3) is 0 Å². The maximum atomic E-state index is 13.3. The number of rotatable bonds is 5.